The molecule has 0 heterocycles. The highest BCUT2D eigenvalue weighted by Gasteiger charge is 2.23. The Balaban J connectivity index is 4.52. The second kappa shape index (κ2) is 9.71. The number of aliphatic hydroxyl groups is 2. The van der Waals surface area contributed by atoms with Crippen molar-refractivity contribution in [2.24, 2.45) is 0 Å². The molecule has 0 spiro atoms. The number of methoxy groups -OCH3 is 2. The topological polar surface area (TPSA) is 96.3 Å². The molecule has 0 fully saturated rings. The Kier molecular flexibility index (Phi) is 9.11. The van der Waals surface area contributed by atoms with E-state index in [1.807, 2.05) is 0 Å². The fourth-order valence-electron chi connectivity index (χ4n) is 1.69. The van der Waals surface area contributed by atoms with Crippen LogP contribution in [-0.4, -0.2) is 73.1 Å². The number of rotatable bonds is 9. The van der Waals surface area contributed by atoms with Crippen LogP contribution in [0.25, 0.3) is 0 Å². The Labute approximate surface area is 113 Å². The molecule has 0 bridgehead atoms. The summed E-state index contributed by atoms with van der Waals surface area (Å²) in [6, 6.07) is -0.533. The second-order valence-corrected chi connectivity index (χ2v) is 4.18. The van der Waals surface area contributed by atoms with Crippen LogP contribution in [0.15, 0.2) is 0 Å². The van der Waals surface area contributed by atoms with Gasteiger partial charge in [-0.15, -0.1) is 0 Å². The maximum Gasteiger partial charge on any atom is 0.306 e. The summed E-state index contributed by atoms with van der Waals surface area (Å²) in [5.41, 5.74) is 0. The number of ether oxygens (including phenoxy) is 2. The van der Waals surface area contributed by atoms with Gasteiger partial charge in [0.1, 0.15) is 0 Å². The van der Waals surface area contributed by atoms with Crippen molar-refractivity contribution in [3.05, 3.63) is 0 Å². The number of hydrogen-bond donors (Lipinski definition) is 2. The zero-order valence-corrected chi connectivity index (χ0v) is 11.7. The van der Waals surface area contributed by atoms with E-state index in [4.69, 9.17) is 0 Å². The molecule has 0 aromatic heterocycles. The van der Waals surface area contributed by atoms with Crippen molar-refractivity contribution in [2.45, 2.75) is 31.9 Å². The second-order valence-electron chi connectivity index (χ2n) is 4.18. The zero-order valence-electron chi connectivity index (χ0n) is 11.7. The minimum absolute atomic E-state index is 0.126. The van der Waals surface area contributed by atoms with E-state index in [9.17, 15) is 19.8 Å². The molecule has 0 aliphatic rings. The predicted molar refractivity (Wildman–Crippen MR) is 67.4 cm³/mol. The smallest absolute Gasteiger partial charge is 0.306 e. The van der Waals surface area contributed by atoms with Gasteiger partial charge in [-0.3, -0.25) is 14.5 Å². The maximum atomic E-state index is 11.1. The number of carbonyl (C=O) groups is 2. The lowest BCUT2D eigenvalue weighted by molar-refractivity contribution is -0.141. The first kappa shape index (κ1) is 17.8. The molecule has 0 saturated carbocycles. The third-order valence-electron chi connectivity index (χ3n) is 2.87. The Morgan fingerprint density at radius 3 is 1.79 bits per heavy atom. The lowest BCUT2D eigenvalue weighted by Crippen LogP contribution is -2.46. The molecule has 0 unspecified atom stereocenters. The van der Waals surface area contributed by atoms with E-state index in [0.29, 0.717) is 13.1 Å². The lowest BCUT2D eigenvalue weighted by atomic mass is 10.1. The van der Waals surface area contributed by atoms with E-state index in [2.05, 4.69) is 9.47 Å². The van der Waals surface area contributed by atoms with Gasteiger partial charge < -0.3 is 19.7 Å². The SMILES string of the molecule is COC(=O)CCN(CCC(=O)OC)[C@@H](CO)[C@H](C)O. The van der Waals surface area contributed by atoms with Gasteiger partial charge in [0.2, 0.25) is 0 Å². The molecule has 0 radical (unpaired) electrons. The van der Waals surface area contributed by atoms with Crippen LogP contribution in [0.1, 0.15) is 19.8 Å². The van der Waals surface area contributed by atoms with E-state index in [-0.39, 0.29) is 31.4 Å². The van der Waals surface area contributed by atoms with Crippen molar-refractivity contribution in [2.75, 3.05) is 33.9 Å². The Morgan fingerprint density at radius 1 is 1.11 bits per heavy atom. The number of nitrogens with zero attached hydrogens (tertiary/aromatic N) is 1. The molecule has 7 heteroatoms. The van der Waals surface area contributed by atoms with Gasteiger partial charge in [-0.2, -0.15) is 0 Å². The molecule has 0 aromatic carbocycles. The summed E-state index contributed by atoms with van der Waals surface area (Å²) in [5, 5.41) is 18.9. The zero-order chi connectivity index (χ0) is 14.8. The summed E-state index contributed by atoms with van der Waals surface area (Å²) in [4.78, 5) is 23.9. The fraction of sp³-hybridized carbons (Fsp3) is 0.833. The van der Waals surface area contributed by atoms with Crippen molar-refractivity contribution in [1.29, 1.82) is 0 Å². The fourth-order valence-corrected chi connectivity index (χ4v) is 1.69. The molecule has 0 aliphatic heterocycles. The van der Waals surface area contributed by atoms with E-state index < -0.39 is 12.1 Å². The monoisotopic (exact) mass is 277 g/mol. The molecular formula is C12H23NO6. The summed E-state index contributed by atoms with van der Waals surface area (Å²) in [6.45, 7) is 1.86. The molecule has 0 aliphatic carbocycles. The molecule has 0 amide bonds. The lowest BCUT2D eigenvalue weighted by Gasteiger charge is -2.31. The molecular weight excluding hydrogens is 254 g/mol. The van der Waals surface area contributed by atoms with Gasteiger partial charge in [0.25, 0.3) is 0 Å². The van der Waals surface area contributed by atoms with Crippen LogP contribution >= 0.6 is 0 Å². The number of aliphatic hydroxyl groups excluding tert-OH is 2. The molecule has 0 rings (SSSR count). The quantitative estimate of drug-likeness (QED) is 0.530. The molecule has 2 N–H and O–H groups in total. The minimum atomic E-state index is -0.778. The Bertz CT molecular complexity index is 261. The largest absolute Gasteiger partial charge is 0.469 e. The summed E-state index contributed by atoms with van der Waals surface area (Å²) >= 11 is 0. The van der Waals surface area contributed by atoms with Crippen LogP contribution in [-0.2, 0) is 19.1 Å². The van der Waals surface area contributed by atoms with Gasteiger partial charge in [-0.1, -0.05) is 0 Å². The van der Waals surface area contributed by atoms with Gasteiger partial charge in [0.05, 0.1) is 45.8 Å². The number of hydrogen-bond acceptors (Lipinski definition) is 7. The predicted octanol–water partition coefficient (Wildman–Crippen LogP) is -0.844. The van der Waals surface area contributed by atoms with Crippen LogP contribution in [0, 0.1) is 0 Å². The van der Waals surface area contributed by atoms with Crippen molar-refractivity contribution >= 4 is 11.9 Å². The van der Waals surface area contributed by atoms with Gasteiger partial charge in [-0.25, -0.2) is 0 Å². The Hall–Kier alpha value is -1.18. The van der Waals surface area contributed by atoms with Crippen LogP contribution in [0.4, 0.5) is 0 Å². The van der Waals surface area contributed by atoms with Gasteiger partial charge in [0.15, 0.2) is 0 Å². The standard InChI is InChI=1S/C12H23NO6/c1-9(15)10(8-14)13(6-4-11(16)18-2)7-5-12(17)19-3/h9-10,14-15H,4-8H2,1-3H3/t9-,10-/m0/s1. The van der Waals surface area contributed by atoms with E-state index >= 15 is 0 Å². The van der Waals surface area contributed by atoms with E-state index in [1.165, 1.54) is 14.2 Å². The normalized spacial score (nSPS) is 14.0. The minimum Gasteiger partial charge on any atom is -0.469 e. The highest BCUT2D eigenvalue weighted by atomic mass is 16.5. The molecule has 0 saturated heterocycles. The first-order valence-electron chi connectivity index (χ1n) is 6.12. The molecule has 2 atom stereocenters. The van der Waals surface area contributed by atoms with E-state index in [1.54, 1.807) is 11.8 Å². The van der Waals surface area contributed by atoms with Crippen molar-refractivity contribution in [3.63, 3.8) is 0 Å². The van der Waals surface area contributed by atoms with Crippen molar-refractivity contribution in [3.8, 4) is 0 Å². The maximum absolute atomic E-state index is 11.1. The highest BCUT2D eigenvalue weighted by Crippen LogP contribution is 2.07. The van der Waals surface area contributed by atoms with Gasteiger partial charge in [0, 0.05) is 13.1 Å². The number of carbonyl (C=O) groups excluding carboxylic acids is 2. The summed E-state index contributed by atoms with van der Waals surface area (Å²) in [6.07, 6.45) is -0.526. The molecule has 0 aromatic rings. The van der Waals surface area contributed by atoms with Crippen LogP contribution in [0.3, 0.4) is 0 Å². The Morgan fingerprint density at radius 2 is 1.53 bits per heavy atom. The van der Waals surface area contributed by atoms with Crippen molar-refractivity contribution in [1.82, 2.24) is 4.90 Å². The summed E-state index contributed by atoms with van der Waals surface area (Å²) in [7, 11) is 2.58. The molecule has 19 heavy (non-hydrogen) atoms. The summed E-state index contributed by atoms with van der Waals surface area (Å²) < 4.78 is 9.08. The van der Waals surface area contributed by atoms with E-state index in [0.717, 1.165) is 0 Å². The third kappa shape index (κ3) is 7.09. The number of esters is 2. The average Bonchev–Trinajstić information content (AvgIpc) is 2.40. The average molecular weight is 277 g/mol. The van der Waals surface area contributed by atoms with Gasteiger partial charge in [-0.05, 0) is 6.92 Å². The summed E-state index contributed by atoms with van der Waals surface area (Å²) in [5.74, 6) is -0.768. The highest BCUT2D eigenvalue weighted by molar-refractivity contribution is 5.70. The first-order valence-corrected chi connectivity index (χ1v) is 6.12. The van der Waals surface area contributed by atoms with Crippen LogP contribution in [0.5, 0.6) is 0 Å². The van der Waals surface area contributed by atoms with Crippen LogP contribution in [0.2, 0.25) is 0 Å². The molecule has 7 nitrogen and oxygen atoms in total. The van der Waals surface area contributed by atoms with Crippen LogP contribution < -0.4 is 0 Å². The van der Waals surface area contributed by atoms with Crippen molar-refractivity contribution < 1.29 is 29.3 Å². The first-order chi connectivity index (χ1) is 8.96. The molecule has 112 valence electrons. The van der Waals surface area contributed by atoms with Gasteiger partial charge >= 0.3 is 11.9 Å². The third-order valence-corrected chi connectivity index (χ3v) is 2.87.